The van der Waals surface area contributed by atoms with Gasteiger partial charge in [-0.1, -0.05) is 13.8 Å². The number of carbonyl (C=O) groups excluding carboxylic acids is 2. The average Bonchev–Trinajstić information content (AvgIpc) is 3.24. The third-order valence-corrected chi connectivity index (χ3v) is 5.01. The van der Waals surface area contributed by atoms with E-state index in [0.29, 0.717) is 5.52 Å². The molecule has 1 saturated heterocycles. The van der Waals surface area contributed by atoms with Crippen LogP contribution in [0.3, 0.4) is 0 Å². The van der Waals surface area contributed by atoms with Crippen LogP contribution in [0.2, 0.25) is 0 Å². The molecule has 1 amide bonds. The Morgan fingerprint density at radius 2 is 2.03 bits per heavy atom. The van der Waals surface area contributed by atoms with Crippen molar-refractivity contribution in [3.63, 3.8) is 0 Å². The van der Waals surface area contributed by atoms with Gasteiger partial charge in [-0.15, -0.1) is 0 Å². The van der Waals surface area contributed by atoms with Gasteiger partial charge in [-0.25, -0.2) is 15.0 Å². The number of hydrogen-bond acceptors (Lipinski definition) is 10. The number of anilines is 1. The van der Waals surface area contributed by atoms with Gasteiger partial charge >= 0.3 is 5.97 Å². The number of nitrogens with zero attached hydrogens (tertiary/aromatic N) is 4. The van der Waals surface area contributed by atoms with Crippen LogP contribution in [0.15, 0.2) is 12.7 Å². The molecule has 4 atom stereocenters. The zero-order valence-electron chi connectivity index (χ0n) is 17.8. The monoisotopic (exact) mass is 437 g/mol. The van der Waals surface area contributed by atoms with Gasteiger partial charge in [-0.05, 0) is 6.92 Å². The van der Waals surface area contributed by atoms with Crippen LogP contribution < -0.4 is 5.32 Å². The molecule has 12 heteroatoms. The Hall–Kier alpha value is -2.67. The lowest BCUT2D eigenvalue weighted by Crippen LogP contribution is -2.49. The summed E-state index contributed by atoms with van der Waals surface area (Å²) < 4.78 is 17.9. The molecule has 3 N–H and O–H groups in total. The molecule has 0 saturated carbocycles. The lowest BCUT2D eigenvalue weighted by Gasteiger charge is -2.33. The first-order valence-corrected chi connectivity index (χ1v) is 9.92. The number of ether oxygens (including phenoxy) is 3. The Bertz CT molecular complexity index is 949. The predicted octanol–water partition coefficient (Wildman–Crippen LogP) is -0.206. The Morgan fingerprint density at radius 3 is 2.65 bits per heavy atom. The number of aliphatic hydroxyl groups is 2. The van der Waals surface area contributed by atoms with Crippen molar-refractivity contribution < 1.29 is 34.0 Å². The van der Waals surface area contributed by atoms with E-state index in [-0.39, 0.29) is 43.1 Å². The molecule has 1 fully saturated rings. The molecule has 0 aromatic carbocycles. The molecular weight excluding hydrogens is 410 g/mol. The molecule has 1 aliphatic rings. The lowest BCUT2D eigenvalue weighted by atomic mass is 10.0. The van der Waals surface area contributed by atoms with E-state index in [1.807, 2.05) is 0 Å². The van der Waals surface area contributed by atoms with E-state index >= 15 is 0 Å². The van der Waals surface area contributed by atoms with E-state index in [9.17, 15) is 19.8 Å². The van der Waals surface area contributed by atoms with Crippen LogP contribution in [0, 0.1) is 5.92 Å². The number of nitrogens with one attached hydrogen (secondary N) is 1. The third-order valence-electron chi connectivity index (χ3n) is 5.01. The summed E-state index contributed by atoms with van der Waals surface area (Å²) in [6.45, 7) is 6.31. The van der Waals surface area contributed by atoms with Gasteiger partial charge in [-0.3, -0.25) is 14.2 Å². The van der Waals surface area contributed by atoms with Gasteiger partial charge in [0.15, 0.2) is 22.7 Å². The molecule has 2 aromatic rings. The number of aromatic nitrogens is 4. The van der Waals surface area contributed by atoms with Crippen molar-refractivity contribution in [2.45, 2.75) is 51.7 Å². The largest absolute Gasteiger partial charge is 0.463 e. The molecule has 12 nitrogen and oxygen atoms in total. The summed E-state index contributed by atoms with van der Waals surface area (Å²) in [4.78, 5) is 35.7. The van der Waals surface area contributed by atoms with Gasteiger partial charge < -0.3 is 29.7 Å². The van der Waals surface area contributed by atoms with Crippen LogP contribution in [0.5, 0.6) is 0 Å². The third kappa shape index (κ3) is 4.51. The van der Waals surface area contributed by atoms with Gasteiger partial charge in [0.25, 0.3) is 0 Å². The zero-order valence-corrected chi connectivity index (χ0v) is 17.8. The van der Waals surface area contributed by atoms with Crippen molar-refractivity contribution in [2.75, 3.05) is 25.1 Å². The summed E-state index contributed by atoms with van der Waals surface area (Å²) in [7, 11) is 0. The second kappa shape index (κ2) is 9.22. The van der Waals surface area contributed by atoms with Crippen LogP contribution in [0.4, 0.5) is 5.82 Å². The maximum atomic E-state index is 12.1. The van der Waals surface area contributed by atoms with Crippen LogP contribution in [-0.2, 0) is 29.5 Å². The fourth-order valence-corrected chi connectivity index (χ4v) is 3.30. The highest BCUT2D eigenvalue weighted by Gasteiger charge is 2.55. The van der Waals surface area contributed by atoms with Crippen molar-refractivity contribution in [3.05, 3.63) is 12.7 Å². The van der Waals surface area contributed by atoms with Gasteiger partial charge in [-0.2, -0.15) is 0 Å². The fraction of sp³-hybridized carbons (Fsp3) is 0.632. The second-order valence-corrected chi connectivity index (χ2v) is 7.65. The SMILES string of the molecule is CC(=O)OCCOC[C@@]1(n2cnc3c(NC(=O)C(C)C)ncnc32)O[C@H](C)[C@@H](O)[C@H]1O. The second-order valence-electron chi connectivity index (χ2n) is 7.65. The van der Waals surface area contributed by atoms with Gasteiger partial charge in [0.2, 0.25) is 5.91 Å². The van der Waals surface area contributed by atoms with E-state index in [2.05, 4.69) is 20.3 Å². The molecule has 0 radical (unpaired) electrons. The molecule has 1 aliphatic heterocycles. The summed E-state index contributed by atoms with van der Waals surface area (Å²) in [5.41, 5.74) is -0.976. The fourth-order valence-electron chi connectivity index (χ4n) is 3.30. The first-order valence-electron chi connectivity index (χ1n) is 9.92. The van der Waals surface area contributed by atoms with Crippen LogP contribution in [0.1, 0.15) is 27.7 Å². The van der Waals surface area contributed by atoms with Crippen molar-refractivity contribution >= 4 is 28.9 Å². The van der Waals surface area contributed by atoms with E-state index in [0.717, 1.165) is 0 Å². The number of fused-ring (bicyclic) bond motifs is 1. The molecule has 0 spiro atoms. The number of imidazole rings is 1. The normalized spacial score (nSPS) is 25.8. The van der Waals surface area contributed by atoms with Gasteiger partial charge in [0, 0.05) is 12.8 Å². The van der Waals surface area contributed by atoms with E-state index in [1.165, 1.54) is 24.1 Å². The number of aliphatic hydroxyl groups excluding tert-OH is 2. The maximum Gasteiger partial charge on any atom is 0.302 e. The molecule has 31 heavy (non-hydrogen) atoms. The smallest absolute Gasteiger partial charge is 0.302 e. The Balaban J connectivity index is 1.94. The molecule has 0 unspecified atom stereocenters. The van der Waals surface area contributed by atoms with Gasteiger partial charge in [0.05, 0.1) is 25.6 Å². The highest BCUT2D eigenvalue weighted by atomic mass is 16.6. The lowest BCUT2D eigenvalue weighted by molar-refractivity contribution is -0.177. The standard InChI is InChI=1S/C19H27N5O7/c1-10(2)18(28)23-16-13-17(21-8-20-16)24(9-22-13)19(7-29-5-6-30-12(4)25)15(27)14(26)11(3)31-19/h8-11,14-15,26-27H,5-7H2,1-4H3,(H,20,21,23,28)/t11-,14-,15-,19-/m1/s1. The summed E-state index contributed by atoms with van der Waals surface area (Å²) in [5.74, 6) is -0.721. The molecule has 2 aromatic heterocycles. The van der Waals surface area contributed by atoms with Crippen LogP contribution in [-0.4, -0.2) is 79.7 Å². The highest BCUT2D eigenvalue weighted by Crippen LogP contribution is 2.38. The summed E-state index contributed by atoms with van der Waals surface area (Å²) in [6, 6.07) is 0. The minimum Gasteiger partial charge on any atom is -0.463 e. The minimum absolute atomic E-state index is 0.0256. The summed E-state index contributed by atoms with van der Waals surface area (Å²) >= 11 is 0. The first-order chi connectivity index (χ1) is 14.7. The topological polar surface area (TPSA) is 158 Å². The molecule has 3 heterocycles. The number of esters is 1. The van der Waals surface area contributed by atoms with E-state index < -0.39 is 30.0 Å². The quantitative estimate of drug-likeness (QED) is 0.373. The minimum atomic E-state index is -1.54. The van der Waals surface area contributed by atoms with E-state index in [1.54, 1.807) is 20.8 Å². The van der Waals surface area contributed by atoms with Crippen molar-refractivity contribution in [1.29, 1.82) is 0 Å². The average molecular weight is 437 g/mol. The number of carbonyl (C=O) groups is 2. The number of hydrogen-bond donors (Lipinski definition) is 3. The molecular formula is C19H27N5O7. The van der Waals surface area contributed by atoms with Crippen molar-refractivity contribution in [1.82, 2.24) is 19.5 Å². The number of amides is 1. The van der Waals surface area contributed by atoms with Gasteiger partial charge in [0.1, 0.15) is 25.1 Å². The van der Waals surface area contributed by atoms with Crippen molar-refractivity contribution in [2.24, 2.45) is 5.92 Å². The Morgan fingerprint density at radius 1 is 1.29 bits per heavy atom. The van der Waals surface area contributed by atoms with Crippen LogP contribution >= 0.6 is 0 Å². The Labute approximate surface area is 178 Å². The highest BCUT2D eigenvalue weighted by molar-refractivity contribution is 5.97. The predicted molar refractivity (Wildman–Crippen MR) is 107 cm³/mol. The molecule has 0 aliphatic carbocycles. The van der Waals surface area contributed by atoms with Crippen molar-refractivity contribution in [3.8, 4) is 0 Å². The van der Waals surface area contributed by atoms with E-state index in [4.69, 9.17) is 14.2 Å². The zero-order chi connectivity index (χ0) is 22.8. The Kier molecular flexibility index (Phi) is 6.84. The molecule has 170 valence electrons. The summed E-state index contributed by atoms with van der Waals surface area (Å²) in [5, 5.41) is 23.9. The molecule has 0 bridgehead atoms. The first kappa shape index (κ1) is 23.0. The number of rotatable bonds is 8. The van der Waals surface area contributed by atoms with Crippen LogP contribution in [0.25, 0.3) is 11.2 Å². The summed E-state index contributed by atoms with van der Waals surface area (Å²) in [6.07, 6.45) is -0.610. The maximum absolute atomic E-state index is 12.1. The molecule has 3 rings (SSSR count).